The monoisotopic (exact) mass is 365 g/mol. The van der Waals surface area contributed by atoms with E-state index in [1.807, 2.05) is 37.3 Å². The highest BCUT2D eigenvalue weighted by atomic mass is 35.5. The smallest absolute Gasteiger partial charge is 0.226 e. The number of aryl methyl sites for hydroxylation is 1. The van der Waals surface area contributed by atoms with E-state index >= 15 is 0 Å². The van der Waals surface area contributed by atoms with Crippen LogP contribution in [-0.2, 0) is 4.79 Å². The SMILES string of the molecule is Cc1nn(-c2ccccc2)c2c1C(C(=O)c1ccc(Cl)cc1)CC(=O)N2. The van der Waals surface area contributed by atoms with E-state index in [-0.39, 0.29) is 18.1 Å². The normalized spacial score (nSPS) is 16.1. The molecule has 1 unspecified atom stereocenters. The molecule has 0 spiro atoms. The molecule has 2 aromatic carbocycles. The van der Waals surface area contributed by atoms with E-state index < -0.39 is 5.92 Å². The van der Waals surface area contributed by atoms with Crippen LogP contribution in [0.1, 0.15) is 34.0 Å². The molecule has 6 heteroatoms. The second kappa shape index (κ2) is 6.42. The first kappa shape index (κ1) is 16.5. The van der Waals surface area contributed by atoms with Crippen LogP contribution in [0.3, 0.4) is 0 Å². The first-order valence-corrected chi connectivity index (χ1v) is 8.67. The van der Waals surface area contributed by atoms with Gasteiger partial charge in [0.25, 0.3) is 0 Å². The minimum Gasteiger partial charge on any atom is -0.310 e. The number of hydrogen-bond donors (Lipinski definition) is 1. The molecule has 2 heterocycles. The maximum absolute atomic E-state index is 13.1. The molecule has 1 atom stereocenters. The summed E-state index contributed by atoms with van der Waals surface area (Å²) in [4.78, 5) is 25.4. The average Bonchev–Trinajstić information content (AvgIpc) is 2.98. The van der Waals surface area contributed by atoms with Gasteiger partial charge in [0.15, 0.2) is 5.78 Å². The van der Waals surface area contributed by atoms with Gasteiger partial charge in [-0.05, 0) is 43.3 Å². The summed E-state index contributed by atoms with van der Waals surface area (Å²) in [6.07, 6.45) is 0.107. The van der Waals surface area contributed by atoms with Gasteiger partial charge in [0, 0.05) is 22.6 Å². The lowest BCUT2D eigenvalue weighted by Gasteiger charge is -2.23. The van der Waals surface area contributed by atoms with Crippen LogP contribution in [0.25, 0.3) is 5.69 Å². The number of Topliss-reactive ketones (excluding diaryl/α,β-unsaturated/α-hetero) is 1. The maximum atomic E-state index is 13.1. The number of hydrogen-bond acceptors (Lipinski definition) is 3. The molecule has 0 fully saturated rings. The Kier molecular flexibility index (Phi) is 4.09. The van der Waals surface area contributed by atoms with Crippen LogP contribution in [0.4, 0.5) is 5.82 Å². The minimum atomic E-state index is -0.558. The number of carbonyl (C=O) groups is 2. The number of ketones is 1. The van der Waals surface area contributed by atoms with E-state index in [0.717, 1.165) is 16.9 Å². The van der Waals surface area contributed by atoms with Crippen LogP contribution in [-0.4, -0.2) is 21.5 Å². The standard InChI is InChI=1S/C20H16ClN3O2/c1-12-18-16(19(26)13-7-9-14(21)10-8-13)11-17(25)22-20(18)24(23-12)15-5-3-2-4-6-15/h2-10,16H,11H2,1H3,(H,22,25). The minimum absolute atomic E-state index is 0.103. The van der Waals surface area contributed by atoms with Crippen LogP contribution in [0.15, 0.2) is 54.6 Å². The summed E-state index contributed by atoms with van der Waals surface area (Å²) in [5.74, 6) is -0.287. The van der Waals surface area contributed by atoms with Crippen molar-refractivity contribution in [1.82, 2.24) is 9.78 Å². The predicted molar refractivity (Wildman–Crippen MR) is 100 cm³/mol. The Morgan fingerprint density at radius 1 is 1.15 bits per heavy atom. The van der Waals surface area contributed by atoms with Crippen LogP contribution in [0, 0.1) is 6.92 Å². The third-order valence-corrected chi connectivity index (χ3v) is 4.80. The Bertz CT molecular complexity index is 994. The zero-order chi connectivity index (χ0) is 18.3. The van der Waals surface area contributed by atoms with Gasteiger partial charge in [0.05, 0.1) is 17.3 Å². The molecule has 0 aliphatic carbocycles. The summed E-state index contributed by atoms with van der Waals surface area (Å²) < 4.78 is 1.68. The number of nitrogens with zero attached hydrogens (tertiary/aromatic N) is 2. The molecule has 1 aliphatic heterocycles. The fraction of sp³-hybridized carbons (Fsp3) is 0.150. The average molecular weight is 366 g/mol. The number of rotatable bonds is 3. The van der Waals surface area contributed by atoms with Crippen molar-refractivity contribution in [3.05, 3.63) is 76.4 Å². The quantitative estimate of drug-likeness (QED) is 0.709. The number of carbonyl (C=O) groups excluding carboxylic acids is 2. The zero-order valence-corrected chi connectivity index (χ0v) is 14.8. The lowest BCUT2D eigenvalue weighted by atomic mass is 9.85. The molecular weight excluding hydrogens is 350 g/mol. The van der Waals surface area contributed by atoms with Gasteiger partial charge in [-0.15, -0.1) is 0 Å². The molecular formula is C20H16ClN3O2. The Balaban J connectivity index is 1.81. The molecule has 0 saturated heterocycles. The van der Waals surface area contributed by atoms with Gasteiger partial charge < -0.3 is 5.32 Å². The summed E-state index contributed by atoms with van der Waals surface area (Å²) in [6.45, 7) is 1.86. The fourth-order valence-electron chi connectivity index (χ4n) is 3.34. The van der Waals surface area contributed by atoms with Crippen molar-refractivity contribution < 1.29 is 9.59 Å². The Morgan fingerprint density at radius 2 is 1.85 bits per heavy atom. The first-order valence-electron chi connectivity index (χ1n) is 8.29. The Labute approximate surface area is 155 Å². The number of halogens is 1. The van der Waals surface area contributed by atoms with Crippen molar-refractivity contribution in [1.29, 1.82) is 0 Å². The van der Waals surface area contributed by atoms with E-state index in [1.165, 1.54) is 0 Å². The number of fused-ring (bicyclic) bond motifs is 1. The van der Waals surface area contributed by atoms with Crippen LogP contribution >= 0.6 is 11.6 Å². The first-order chi connectivity index (χ1) is 12.5. The molecule has 5 nitrogen and oxygen atoms in total. The van der Waals surface area contributed by atoms with E-state index in [9.17, 15) is 9.59 Å². The van der Waals surface area contributed by atoms with Gasteiger partial charge in [-0.1, -0.05) is 29.8 Å². The molecule has 0 bridgehead atoms. The predicted octanol–water partition coefficient (Wildman–Crippen LogP) is 4.14. The van der Waals surface area contributed by atoms with Crippen molar-refractivity contribution in [2.75, 3.05) is 5.32 Å². The molecule has 26 heavy (non-hydrogen) atoms. The van der Waals surface area contributed by atoms with Crippen LogP contribution < -0.4 is 5.32 Å². The lowest BCUT2D eigenvalue weighted by Crippen LogP contribution is -2.28. The fourth-order valence-corrected chi connectivity index (χ4v) is 3.47. The topological polar surface area (TPSA) is 64.0 Å². The van der Waals surface area contributed by atoms with Gasteiger partial charge in [0.1, 0.15) is 5.82 Å². The number of nitrogens with one attached hydrogen (secondary N) is 1. The maximum Gasteiger partial charge on any atom is 0.226 e. The van der Waals surface area contributed by atoms with Crippen molar-refractivity contribution in [3.63, 3.8) is 0 Å². The second-order valence-electron chi connectivity index (χ2n) is 6.27. The van der Waals surface area contributed by atoms with Crippen molar-refractivity contribution in [3.8, 4) is 5.69 Å². The molecule has 1 N–H and O–H groups in total. The van der Waals surface area contributed by atoms with Gasteiger partial charge in [0.2, 0.25) is 5.91 Å². The van der Waals surface area contributed by atoms with Crippen molar-refractivity contribution in [2.24, 2.45) is 0 Å². The molecule has 130 valence electrons. The molecule has 1 aliphatic rings. The van der Waals surface area contributed by atoms with E-state index in [4.69, 9.17) is 11.6 Å². The largest absolute Gasteiger partial charge is 0.310 e. The molecule has 3 aromatic rings. The summed E-state index contributed by atoms with van der Waals surface area (Å²) >= 11 is 5.91. The van der Waals surface area contributed by atoms with Crippen molar-refractivity contribution >= 4 is 29.1 Å². The van der Waals surface area contributed by atoms with E-state index in [1.54, 1.807) is 28.9 Å². The number of aromatic nitrogens is 2. The summed E-state index contributed by atoms with van der Waals surface area (Å²) in [5, 5.41) is 8.01. The van der Waals surface area contributed by atoms with Crippen LogP contribution in [0.2, 0.25) is 5.02 Å². The molecule has 1 aromatic heterocycles. The Morgan fingerprint density at radius 3 is 2.54 bits per heavy atom. The van der Waals surface area contributed by atoms with E-state index in [0.29, 0.717) is 16.4 Å². The summed E-state index contributed by atoms with van der Waals surface area (Å²) in [5.41, 5.74) is 2.87. The highest BCUT2D eigenvalue weighted by Gasteiger charge is 2.36. The Hall–Kier alpha value is -2.92. The number of amides is 1. The van der Waals surface area contributed by atoms with Crippen LogP contribution in [0.5, 0.6) is 0 Å². The summed E-state index contributed by atoms with van der Waals surface area (Å²) in [6, 6.07) is 16.3. The van der Waals surface area contributed by atoms with Gasteiger partial charge in [-0.2, -0.15) is 5.10 Å². The third kappa shape index (κ3) is 2.80. The number of benzene rings is 2. The van der Waals surface area contributed by atoms with E-state index in [2.05, 4.69) is 10.4 Å². The molecule has 4 rings (SSSR count). The highest BCUT2D eigenvalue weighted by Crippen LogP contribution is 2.38. The molecule has 0 radical (unpaired) electrons. The zero-order valence-electron chi connectivity index (χ0n) is 14.1. The molecule has 1 amide bonds. The van der Waals surface area contributed by atoms with Gasteiger partial charge in [-0.3, -0.25) is 9.59 Å². The summed E-state index contributed by atoms with van der Waals surface area (Å²) in [7, 11) is 0. The third-order valence-electron chi connectivity index (χ3n) is 4.55. The highest BCUT2D eigenvalue weighted by molar-refractivity contribution is 6.30. The van der Waals surface area contributed by atoms with Gasteiger partial charge in [-0.25, -0.2) is 4.68 Å². The van der Waals surface area contributed by atoms with Crippen molar-refractivity contribution in [2.45, 2.75) is 19.3 Å². The molecule has 0 saturated carbocycles. The second-order valence-corrected chi connectivity index (χ2v) is 6.71. The van der Waals surface area contributed by atoms with Gasteiger partial charge >= 0.3 is 0 Å². The number of para-hydroxylation sites is 1. The lowest BCUT2D eigenvalue weighted by molar-refractivity contribution is -0.116. The number of anilines is 1.